The first kappa shape index (κ1) is 19.0. The van der Waals surface area contributed by atoms with E-state index in [1.807, 2.05) is 20.8 Å². The van der Waals surface area contributed by atoms with Crippen molar-refractivity contribution < 1.29 is 19.8 Å². The Morgan fingerprint density at radius 2 is 2.12 bits per heavy atom. The van der Waals surface area contributed by atoms with Crippen molar-refractivity contribution in [1.82, 2.24) is 20.2 Å². The molecule has 0 aromatic carbocycles. The Balaban J connectivity index is 2.05. The molecule has 25 heavy (non-hydrogen) atoms. The first-order valence-corrected chi connectivity index (χ1v) is 8.49. The van der Waals surface area contributed by atoms with Crippen molar-refractivity contribution >= 4 is 11.9 Å². The number of aromatic nitrogens is 2. The average molecular weight is 350 g/mol. The van der Waals surface area contributed by atoms with Gasteiger partial charge in [0.05, 0.1) is 0 Å². The highest BCUT2D eigenvalue weighted by Crippen LogP contribution is 2.32. The monoisotopic (exact) mass is 350 g/mol. The molecule has 1 aliphatic heterocycles. The van der Waals surface area contributed by atoms with Crippen molar-refractivity contribution in [1.29, 1.82) is 0 Å². The van der Waals surface area contributed by atoms with Gasteiger partial charge in [0, 0.05) is 24.6 Å². The molecule has 3 atom stereocenters. The molecule has 0 saturated heterocycles. The number of hydrogen-bond acceptors (Lipinski definition) is 5. The van der Waals surface area contributed by atoms with Gasteiger partial charge in [-0.1, -0.05) is 13.8 Å². The van der Waals surface area contributed by atoms with E-state index in [2.05, 4.69) is 10.5 Å². The number of rotatable bonds is 9. The molecule has 0 amide bonds. The van der Waals surface area contributed by atoms with Crippen LogP contribution < -0.4 is 5.43 Å². The highest BCUT2D eigenvalue weighted by molar-refractivity contribution is 5.82. The normalized spacial score (nSPS) is 22.9. The average Bonchev–Trinajstić information content (AvgIpc) is 3.18. The van der Waals surface area contributed by atoms with E-state index in [-0.39, 0.29) is 5.92 Å². The van der Waals surface area contributed by atoms with E-state index in [1.165, 1.54) is 4.68 Å². The third kappa shape index (κ3) is 4.01. The summed E-state index contributed by atoms with van der Waals surface area (Å²) in [6.45, 7) is 6.25. The zero-order valence-electron chi connectivity index (χ0n) is 14.8. The van der Waals surface area contributed by atoms with Gasteiger partial charge >= 0.3 is 11.9 Å². The van der Waals surface area contributed by atoms with Crippen LogP contribution in [0, 0.1) is 5.92 Å². The maximum Gasteiger partial charge on any atom is 0.330 e. The van der Waals surface area contributed by atoms with Crippen molar-refractivity contribution in [3.8, 4) is 0 Å². The molecule has 1 aromatic heterocycles. The second kappa shape index (κ2) is 7.69. The smallest absolute Gasteiger partial charge is 0.330 e. The van der Waals surface area contributed by atoms with E-state index >= 15 is 0 Å². The van der Waals surface area contributed by atoms with Gasteiger partial charge in [-0.3, -0.25) is 4.68 Å². The standard InChI is InChI=1S/C17H26N4O4/c1-4-21-17(16(24)25,11-13(3)19-21)7-6-12(2)10-14(15(22)23)20-9-5-8-18-20/h5,8-9,11-12,14,19H,4,6-7,10H2,1-3H3,(H,22,23)(H,24,25). The minimum atomic E-state index is -1.09. The van der Waals surface area contributed by atoms with E-state index in [0.29, 0.717) is 25.8 Å². The van der Waals surface area contributed by atoms with E-state index < -0.39 is 23.5 Å². The lowest BCUT2D eigenvalue weighted by molar-refractivity contribution is -0.149. The topological polar surface area (TPSA) is 108 Å². The van der Waals surface area contributed by atoms with Gasteiger partial charge in [0.1, 0.15) is 6.04 Å². The molecule has 1 aromatic rings. The quantitative estimate of drug-likeness (QED) is 0.624. The predicted molar refractivity (Wildman–Crippen MR) is 91.6 cm³/mol. The van der Waals surface area contributed by atoms with Crippen LogP contribution in [-0.2, 0) is 9.59 Å². The molecule has 0 saturated carbocycles. The maximum absolute atomic E-state index is 11.9. The molecule has 2 rings (SSSR count). The van der Waals surface area contributed by atoms with Gasteiger partial charge in [-0.05, 0) is 44.2 Å². The Hall–Kier alpha value is -2.35. The maximum atomic E-state index is 11.9. The molecular formula is C17H26N4O4. The fourth-order valence-electron chi connectivity index (χ4n) is 3.39. The van der Waals surface area contributed by atoms with E-state index in [9.17, 15) is 19.8 Å². The zero-order chi connectivity index (χ0) is 18.6. The fraction of sp³-hybridized carbons (Fsp3) is 0.588. The van der Waals surface area contributed by atoms with E-state index in [0.717, 1.165) is 5.70 Å². The number of carboxylic acid groups (broad SMARTS) is 2. The molecule has 0 spiro atoms. The summed E-state index contributed by atoms with van der Waals surface area (Å²) in [7, 11) is 0. The summed E-state index contributed by atoms with van der Waals surface area (Å²) in [5.74, 6) is -1.79. The third-order valence-electron chi connectivity index (χ3n) is 4.71. The number of hydrazine groups is 1. The number of allylic oxidation sites excluding steroid dienone is 1. The largest absolute Gasteiger partial charge is 0.480 e. The van der Waals surface area contributed by atoms with Crippen molar-refractivity contribution in [2.24, 2.45) is 5.92 Å². The Bertz CT molecular complexity index is 643. The Morgan fingerprint density at radius 3 is 2.64 bits per heavy atom. The van der Waals surface area contributed by atoms with Crippen molar-refractivity contribution in [3.05, 3.63) is 30.2 Å². The summed E-state index contributed by atoms with van der Waals surface area (Å²) < 4.78 is 1.44. The number of likely N-dealkylation sites (N-methyl/N-ethyl adjacent to an activating group) is 1. The summed E-state index contributed by atoms with van der Waals surface area (Å²) in [4.78, 5) is 23.5. The van der Waals surface area contributed by atoms with Crippen LogP contribution in [0.25, 0.3) is 0 Å². The number of nitrogens with one attached hydrogen (secondary N) is 1. The summed E-state index contributed by atoms with van der Waals surface area (Å²) in [5.41, 5.74) is 2.82. The molecule has 0 bridgehead atoms. The molecule has 8 nitrogen and oxygen atoms in total. The molecule has 1 aliphatic rings. The molecule has 8 heteroatoms. The lowest BCUT2D eigenvalue weighted by Crippen LogP contribution is -2.54. The molecule has 3 N–H and O–H groups in total. The lowest BCUT2D eigenvalue weighted by Gasteiger charge is -2.34. The van der Waals surface area contributed by atoms with Crippen LogP contribution in [0.15, 0.2) is 30.2 Å². The Morgan fingerprint density at radius 1 is 1.40 bits per heavy atom. The van der Waals surface area contributed by atoms with Crippen molar-refractivity contribution in [3.63, 3.8) is 0 Å². The number of aliphatic carboxylic acids is 2. The van der Waals surface area contributed by atoms with Crippen LogP contribution in [0.4, 0.5) is 0 Å². The van der Waals surface area contributed by atoms with Crippen LogP contribution in [0.5, 0.6) is 0 Å². The van der Waals surface area contributed by atoms with Gasteiger partial charge in [0.25, 0.3) is 0 Å². The number of carboxylic acids is 2. The first-order valence-electron chi connectivity index (χ1n) is 8.49. The Kier molecular flexibility index (Phi) is 5.84. The summed E-state index contributed by atoms with van der Waals surface area (Å²) in [6.07, 6.45) is 6.34. The minimum Gasteiger partial charge on any atom is -0.480 e. The van der Waals surface area contributed by atoms with Gasteiger partial charge in [-0.25, -0.2) is 14.6 Å². The molecule has 0 fully saturated rings. The first-order chi connectivity index (χ1) is 11.8. The molecule has 0 aliphatic carbocycles. The third-order valence-corrected chi connectivity index (χ3v) is 4.71. The lowest BCUT2D eigenvalue weighted by atomic mass is 9.86. The SMILES string of the molecule is CCN1NC(C)=CC1(CCC(C)CC(C(=O)O)n1cccn1)C(=O)O. The number of hydrogen-bond donors (Lipinski definition) is 3. The van der Waals surface area contributed by atoms with Crippen LogP contribution >= 0.6 is 0 Å². The number of carbonyl (C=O) groups is 2. The summed E-state index contributed by atoms with van der Waals surface area (Å²) in [6, 6.07) is 0.948. The van der Waals surface area contributed by atoms with Crippen molar-refractivity contribution in [2.45, 2.75) is 51.6 Å². The van der Waals surface area contributed by atoms with Crippen LogP contribution in [0.1, 0.15) is 46.1 Å². The fourth-order valence-corrected chi connectivity index (χ4v) is 3.39. The van der Waals surface area contributed by atoms with Gasteiger partial charge in [0.15, 0.2) is 5.54 Å². The highest BCUT2D eigenvalue weighted by atomic mass is 16.4. The predicted octanol–water partition coefficient (Wildman–Crippen LogP) is 1.88. The summed E-state index contributed by atoms with van der Waals surface area (Å²) >= 11 is 0. The van der Waals surface area contributed by atoms with E-state index in [1.54, 1.807) is 29.5 Å². The van der Waals surface area contributed by atoms with Crippen molar-refractivity contribution in [2.75, 3.05) is 6.54 Å². The minimum absolute atomic E-state index is 0.0366. The van der Waals surface area contributed by atoms with Crippen LogP contribution in [0.3, 0.4) is 0 Å². The van der Waals surface area contributed by atoms with Gasteiger partial charge in [-0.2, -0.15) is 5.10 Å². The molecule has 3 unspecified atom stereocenters. The summed E-state index contributed by atoms with van der Waals surface area (Å²) in [5, 5.41) is 25.0. The van der Waals surface area contributed by atoms with Gasteiger partial charge < -0.3 is 15.6 Å². The second-order valence-electron chi connectivity index (χ2n) is 6.63. The van der Waals surface area contributed by atoms with Gasteiger partial charge in [-0.15, -0.1) is 0 Å². The molecule has 2 heterocycles. The van der Waals surface area contributed by atoms with Crippen LogP contribution in [-0.4, -0.2) is 49.0 Å². The molecule has 0 radical (unpaired) electrons. The Labute approximate surface area is 147 Å². The number of nitrogens with zero attached hydrogens (tertiary/aromatic N) is 3. The van der Waals surface area contributed by atoms with Gasteiger partial charge in [0.2, 0.25) is 0 Å². The second-order valence-corrected chi connectivity index (χ2v) is 6.63. The molecular weight excluding hydrogens is 324 g/mol. The van der Waals surface area contributed by atoms with E-state index in [4.69, 9.17) is 0 Å². The molecule has 138 valence electrons. The van der Waals surface area contributed by atoms with Crippen LogP contribution in [0.2, 0.25) is 0 Å². The zero-order valence-corrected chi connectivity index (χ0v) is 14.8. The highest BCUT2D eigenvalue weighted by Gasteiger charge is 2.45.